The van der Waals surface area contributed by atoms with Crippen LogP contribution in [0.1, 0.15) is 26.8 Å². The Morgan fingerprint density at radius 3 is 2.29 bits per heavy atom. The molecule has 0 aliphatic carbocycles. The van der Waals surface area contributed by atoms with E-state index in [-0.39, 0.29) is 17.6 Å². The number of amides is 1. The molecule has 3 aromatic rings. The highest BCUT2D eigenvalue weighted by molar-refractivity contribution is 7.10. The summed E-state index contributed by atoms with van der Waals surface area (Å²) in [5, 5.41) is 15.7. The lowest BCUT2D eigenvalue weighted by Gasteiger charge is -2.18. The topological polar surface area (TPSA) is 72.2 Å². The second-order valence-electron chi connectivity index (χ2n) is 5.14. The molecule has 1 heterocycles. The van der Waals surface area contributed by atoms with Gasteiger partial charge in [-0.2, -0.15) is 0 Å². The second-order valence-corrected chi connectivity index (χ2v) is 6.12. The van der Waals surface area contributed by atoms with E-state index in [1.54, 1.807) is 11.3 Å². The van der Waals surface area contributed by atoms with E-state index in [9.17, 15) is 14.9 Å². The van der Waals surface area contributed by atoms with Gasteiger partial charge in [-0.15, -0.1) is 11.3 Å². The molecule has 1 amide bonds. The summed E-state index contributed by atoms with van der Waals surface area (Å²) in [7, 11) is 0. The molecule has 3 rings (SSSR count). The van der Waals surface area contributed by atoms with Gasteiger partial charge in [-0.25, -0.2) is 0 Å². The van der Waals surface area contributed by atoms with Crippen LogP contribution < -0.4 is 5.32 Å². The maximum absolute atomic E-state index is 12.5. The number of nitro benzene ring substituents is 1. The van der Waals surface area contributed by atoms with Crippen LogP contribution in [0.3, 0.4) is 0 Å². The molecule has 0 unspecified atom stereocenters. The molecule has 2 aromatic carbocycles. The number of hydrogen-bond acceptors (Lipinski definition) is 4. The standard InChI is InChI=1S/C18H14N2O3S/c21-18(14-8-10-15(11-9-14)20(22)23)19-17(16-7-4-12-24-16)13-5-2-1-3-6-13/h1-12,17H,(H,19,21)/t17-/m1/s1. The molecule has 0 saturated carbocycles. The van der Waals surface area contributed by atoms with Crippen LogP contribution in [0.25, 0.3) is 0 Å². The first-order chi connectivity index (χ1) is 11.6. The van der Waals surface area contributed by atoms with Crippen LogP contribution in [0.4, 0.5) is 5.69 Å². The first-order valence-corrected chi connectivity index (χ1v) is 8.17. The largest absolute Gasteiger partial charge is 0.340 e. The minimum atomic E-state index is -0.486. The number of nitrogens with one attached hydrogen (secondary N) is 1. The molecule has 6 heteroatoms. The van der Waals surface area contributed by atoms with Crippen molar-refractivity contribution in [3.63, 3.8) is 0 Å². The van der Waals surface area contributed by atoms with Gasteiger partial charge < -0.3 is 5.32 Å². The Balaban J connectivity index is 1.85. The zero-order valence-corrected chi connectivity index (χ0v) is 13.4. The number of benzene rings is 2. The molecular weight excluding hydrogens is 324 g/mol. The van der Waals surface area contributed by atoms with Crippen molar-refractivity contribution in [1.82, 2.24) is 5.32 Å². The SMILES string of the molecule is O=C(N[C@H](c1ccccc1)c1cccs1)c1ccc([N+](=O)[O-])cc1. The number of hydrogen-bond donors (Lipinski definition) is 1. The number of thiophene rings is 1. The van der Waals surface area contributed by atoms with Gasteiger partial charge in [0.05, 0.1) is 11.0 Å². The van der Waals surface area contributed by atoms with Gasteiger partial charge in [0, 0.05) is 22.6 Å². The minimum Gasteiger partial charge on any atom is -0.340 e. The van der Waals surface area contributed by atoms with Gasteiger partial charge in [0.1, 0.15) is 0 Å². The zero-order valence-electron chi connectivity index (χ0n) is 12.6. The Labute approximate surface area is 142 Å². The Hall–Kier alpha value is -2.99. The van der Waals surface area contributed by atoms with Crippen LogP contribution in [-0.4, -0.2) is 10.8 Å². The van der Waals surface area contributed by atoms with Crippen molar-refractivity contribution in [3.8, 4) is 0 Å². The Morgan fingerprint density at radius 2 is 1.71 bits per heavy atom. The predicted octanol–water partition coefficient (Wildman–Crippen LogP) is 4.18. The maximum atomic E-state index is 12.5. The number of nitro groups is 1. The molecule has 24 heavy (non-hydrogen) atoms. The summed E-state index contributed by atoms with van der Waals surface area (Å²) < 4.78 is 0. The first kappa shape index (κ1) is 15.9. The Morgan fingerprint density at radius 1 is 1.00 bits per heavy atom. The van der Waals surface area contributed by atoms with Crippen LogP contribution >= 0.6 is 11.3 Å². The van der Waals surface area contributed by atoms with Gasteiger partial charge >= 0.3 is 0 Å². The normalized spacial score (nSPS) is 11.7. The highest BCUT2D eigenvalue weighted by atomic mass is 32.1. The van der Waals surface area contributed by atoms with Crippen LogP contribution in [0.2, 0.25) is 0 Å². The number of non-ortho nitro benzene ring substituents is 1. The summed E-state index contributed by atoms with van der Waals surface area (Å²) in [6, 6.07) is 18.9. The molecule has 0 aliphatic rings. The quantitative estimate of drug-likeness (QED) is 0.560. The van der Waals surface area contributed by atoms with Crippen LogP contribution in [0.5, 0.6) is 0 Å². The predicted molar refractivity (Wildman–Crippen MR) is 93.2 cm³/mol. The van der Waals surface area contributed by atoms with E-state index < -0.39 is 4.92 Å². The van der Waals surface area contributed by atoms with Crippen molar-refractivity contribution in [3.05, 3.63) is 98.2 Å². The van der Waals surface area contributed by atoms with E-state index in [2.05, 4.69) is 5.32 Å². The van der Waals surface area contributed by atoms with Crippen molar-refractivity contribution >= 4 is 22.9 Å². The number of carbonyl (C=O) groups is 1. The van der Waals surface area contributed by atoms with Gasteiger partial charge in [0.15, 0.2) is 0 Å². The summed E-state index contributed by atoms with van der Waals surface area (Å²) in [6.45, 7) is 0. The molecule has 5 nitrogen and oxygen atoms in total. The molecule has 1 N–H and O–H groups in total. The second kappa shape index (κ2) is 7.06. The Kier molecular flexibility index (Phi) is 4.67. The smallest absolute Gasteiger partial charge is 0.269 e. The molecule has 0 fully saturated rings. The van der Waals surface area contributed by atoms with Crippen molar-refractivity contribution in [2.45, 2.75) is 6.04 Å². The number of carbonyl (C=O) groups excluding carboxylic acids is 1. The van der Waals surface area contributed by atoms with Crippen LogP contribution in [0.15, 0.2) is 72.1 Å². The monoisotopic (exact) mass is 338 g/mol. The van der Waals surface area contributed by atoms with Crippen LogP contribution in [-0.2, 0) is 0 Å². The van der Waals surface area contributed by atoms with Crippen molar-refractivity contribution < 1.29 is 9.72 Å². The van der Waals surface area contributed by atoms with E-state index in [4.69, 9.17) is 0 Å². The van der Waals surface area contributed by atoms with Gasteiger partial charge in [-0.1, -0.05) is 36.4 Å². The van der Waals surface area contributed by atoms with E-state index in [1.165, 1.54) is 24.3 Å². The van der Waals surface area contributed by atoms with E-state index in [1.807, 2.05) is 47.8 Å². The molecule has 1 atom stereocenters. The fraction of sp³-hybridized carbons (Fsp3) is 0.0556. The third kappa shape index (κ3) is 3.49. The molecular formula is C18H14N2O3S. The van der Waals surface area contributed by atoms with Gasteiger partial charge in [-0.05, 0) is 29.1 Å². The van der Waals surface area contributed by atoms with E-state index in [0.29, 0.717) is 5.56 Å². The van der Waals surface area contributed by atoms with Crippen LogP contribution in [0, 0.1) is 10.1 Å². The lowest BCUT2D eigenvalue weighted by atomic mass is 10.0. The maximum Gasteiger partial charge on any atom is 0.269 e. The van der Waals surface area contributed by atoms with E-state index in [0.717, 1.165) is 10.4 Å². The van der Waals surface area contributed by atoms with Gasteiger partial charge in [0.2, 0.25) is 0 Å². The molecule has 120 valence electrons. The zero-order chi connectivity index (χ0) is 16.9. The summed E-state index contributed by atoms with van der Waals surface area (Å²) in [5.74, 6) is -0.271. The first-order valence-electron chi connectivity index (χ1n) is 7.29. The molecule has 0 aliphatic heterocycles. The summed E-state index contributed by atoms with van der Waals surface area (Å²) in [4.78, 5) is 23.8. The van der Waals surface area contributed by atoms with Crippen molar-refractivity contribution in [2.24, 2.45) is 0 Å². The van der Waals surface area contributed by atoms with Gasteiger partial charge in [0.25, 0.3) is 11.6 Å². The molecule has 0 bridgehead atoms. The third-order valence-electron chi connectivity index (χ3n) is 3.58. The number of rotatable bonds is 5. The molecule has 1 aromatic heterocycles. The highest BCUT2D eigenvalue weighted by Gasteiger charge is 2.19. The lowest BCUT2D eigenvalue weighted by Crippen LogP contribution is -2.28. The highest BCUT2D eigenvalue weighted by Crippen LogP contribution is 2.26. The molecule has 0 saturated heterocycles. The number of nitrogens with zero attached hydrogens (tertiary/aromatic N) is 1. The average molecular weight is 338 g/mol. The van der Waals surface area contributed by atoms with Gasteiger partial charge in [-0.3, -0.25) is 14.9 Å². The van der Waals surface area contributed by atoms with Crippen molar-refractivity contribution in [1.29, 1.82) is 0 Å². The van der Waals surface area contributed by atoms with E-state index >= 15 is 0 Å². The third-order valence-corrected chi connectivity index (χ3v) is 4.51. The summed E-state index contributed by atoms with van der Waals surface area (Å²) in [6.07, 6.45) is 0. The fourth-order valence-corrected chi connectivity index (χ4v) is 3.17. The minimum absolute atomic E-state index is 0.0376. The lowest BCUT2D eigenvalue weighted by molar-refractivity contribution is -0.384. The molecule has 0 spiro atoms. The Bertz CT molecular complexity index is 830. The summed E-state index contributed by atoms with van der Waals surface area (Å²) >= 11 is 1.57. The fourth-order valence-electron chi connectivity index (χ4n) is 2.37. The molecule has 0 radical (unpaired) electrons. The summed E-state index contributed by atoms with van der Waals surface area (Å²) in [5.41, 5.74) is 1.33. The van der Waals surface area contributed by atoms with Crippen molar-refractivity contribution in [2.75, 3.05) is 0 Å². The average Bonchev–Trinajstić information content (AvgIpc) is 3.14.